The standard InChI is InChI=1S/C29H37BrO3/c1-4-5-8-32-23-6-7-27(30)24(14-23)25-9-19(2)10-26(28(25)33-18-31-3)29-15-20-11-21(16-29)13-22(12-20)17-29/h6-7,9-10,14,20-22H,4-5,8,11-13,15-18H2,1-3H3. The Balaban J connectivity index is 1.61. The number of benzene rings is 2. The maximum absolute atomic E-state index is 6.43. The number of halogens is 1. The molecule has 0 heterocycles. The monoisotopic (exact) mass is 512 g/mol. The van der Waals surface area contributed by atoms with Crippen molar-refractivity contribution in [2.24, 2.45) is 17.8 Å². The molecule has 4 saturated carbocycles. The van der Waals surface area contributed by atoms with Gasteiger partial charge in [-0.2, -0.15) is 0 Å². The first-order valence-corrected chi connectivity index (χ1v) is 13.5. The smallest absolute Gasteiger partial charge is 0.188 e. The Morgan fingerprint density at radius 3 is 2.27 bits per heavy atom. The molecule has 0 amide bonds. The van der Waals surface area contributed by atoms with Gasteiger partial charge in [0.2, 0.25) is 0 Å². The average molecular weight is 514 g/mol. The molecular weight excluding hydrogens is 476 g/mol. The molecule has 6 rings (SSSR count). The van der Waals surface area contributed by atoms with E-state index in [0.717, 1.165) is 64.3 Å². The highest BCUT2D eigenvalue weighted by Crippen LogP contribution is 2.62. The van der Waals surface area contributed by atoms with Crippen molar-refractivity contribution in [1.29, 1.82) is 0 Å². The zero-order chi connectivity index (χ0) is 23.0. The number of rotatable bonds is 9. The Morgan fingerprint density at radius 2 is 1.64 bits per heavy atom. The van der Waals surface area contributed by atoms with Gasteiger partial charge in [0.25, 0.3) is 0 Å². The summed E-state index contributed by atoms with van der Waals surface area (Å²) in [6, 6.07) is 11.0. The van der Waals surface area contributed by atoms with Crippen LogP contribution >= 0.6 is 15.9 Å². The summed E-state index contributed by atoms with van der Waals surface area (Å²) in [5.41, 5.74) is 5.23. The van der Waals surface area contributed by atoms with Crippen molar-refractivity contribution < 1.29 is 14.2 Å². The Kier molecular flexibility index (Phi) is 6.77. The van der Waals surface area contributed by atoms with Crippen molar-refractivity contribution in [3.63, 3.8) is 0 Å². The number of unbranched alkanes of at least 4 members (excludes halogenated alkanes) is 1. The summed E-state index contributed by atoms with van der Waals surface area (Å²) in [5, 5.41) is 0. The van der Waals surface area contributed by atoms with Gasteiger partial charge in [-0.15, -0.1) is 0 Å². The molecule has 2 aromatic rings. The first-order chi connectivity index (χ1) is 16.0. The first kappa shape index (κ1) is 23.2. The van der Waals surface area contributed by atoms with Crippen LogP contribution < -0.4 is 9.47 Å². The average Bonchev–Trinajstić information content (AvgIpc) is 2.78. The van der Waals surface area contributed by atoms with Gasteiger partial charge in [-0.1, -0.05) is 35.3 Å². The second-order valence-corrected chi connectivity index (χ2v) is 11.6. The Hall–Kier alpha value is -1.52. The van der Waals surface area contributed by atoms with Crippen LogP contribution in [0.25, 0.3) is 11.1 Å². The molecular formula is C29H37BrO3. The summed E-state index contributed by atoms with van der Waals surface area (Å²) < 4.78 is 19.0. The van der Waals surface area contributed by atoms with E-state index in [1.165, 1.54) is 49.7 Å². The van der Waals surface area contributed by atoms with Crippen LogP contribution in [-0.4, -0.2) is 20.5 Å². The van der Waals surface area contributed by atoms with Crippen LogP contribution in [0.4, 0.5) is 0 Å². The minimum absolute atomic E-state index is 0.250. The quantitative estimate of drug-likeness (QED) is 0.251. The van der Waals surface area contributed by atoms with Crippen molar-refractivity contribution in [3.05, 3.63) is 45.9 Å². The number of hydrogen-bond donors (Lipinski definition) is 0. The molecule has 0 unspecified atom stereocenters. The van der Waals surface area contributed by atoms with Gasteiger partial charge in [0, 0.05) is 28.3 Å². The Labute approximate surface area is 207 Å². The van der Waals surface area contributed by atoms with Crippen LogP contribution in [-0.2, 0) is 10.2 Å². The second-order valence-electron chi connectivity index (χ2n) is 10.8. The van der Waals surface area contributed by atoms with Gasteiger partial charge in [-0.25, -0.2) is 0 Å². The third-order valence-corrected chi connectivity index (χ3v) is 8.85. The largest absolute Gasteiger partial charge is 0.494 e. The molecule has 4 bridgehead atoms. The van der Waals surface area contributed by atoms with Gasteiger partial charge >= 0.3 is 0 Å². The Bertz CT molecular complexity index is 963. The fourth-order valence-electron chi connectivity index (χ4n) is 7.22. The molecule has 4 aliphatic rings. The van der Waals surface area contributed by atoms with Crippen LogP contribution in [0.15, 0.2) is 34.8 Å². The SMILES string of the molecule is CCCCOc1ccc(Br)c(-c2cc(C)cc(C34CC5CC(CC(C5)C3)C4)c2OCOC)c1. The van der Waals surface area contributed by atoms with Gasteiger partial charge in [-0.05, 0) is 105 Å². The molecule has 3 nitrogen and oxygen atoms in total. The minimum Gasteiger partial charge on any atom is -0.494 e. The van der Waals surface area contributed by atoms with E-state index in [1.54, 1.807) is 7.11 Å². The predicted molar refractivity (Wildman–Crippen MR) is 137 cm³/mol. The van der Waals surface area contributed by atoms with Crippen LogP contribution in [0.5, 0.6) is 11.5 Å². The number of methoxy groups -OCH3 is 1. The molecule has 33 heavy (non-hydrogen) atoms. The lowest BCUT2D eigenvalue weighted by molar-refractivity contribution is -0.00877. The van der Waals surface area contributed by atoms with Gasteiger partial charge in [0.1, 0.15) is 11.5 Å². The lowest BCUT2D eigenvalue weighted by atomic mass is 9.48. The molecule has 0 spiro atoms. The van der Waals surface area contributed by atoms with Crippen molar-refractivity contribution >= 4 is 15.9 Å². The van der Waals surface area contributed by atoms with Crippen molar-refractivity contribution in [2.45, 2.75) is 70.6 Å². The third-order valence-electron chi connectivity index (χ3n) is 8.16. The summed E-state index contributed by atoms with van der Waals surface area (Å²) in [5.74, 6) is 4.58. The maximum atomic E-state index is 6.43. The van der Waals surface area contributed by atoms with Crippen molar-refractivity contribution in [2.75, 3.05) is 20.5 Å². The second kappa shape index (κ2) is 9.62. The zero-order valence-corrected chi connectivity index (χ0v) is 21.9. The van der Waals surface area contributed by atoms with Crippen LogP contribution in [0, 0.1) is 24.7 Å². The normalized spacial score (nSPS) is 27.7. The number of ether oxygens (including phenoxy) is 3. The van der Waals surface area contributed by atoms with Crippen LogP contribution in [0.2, 0.25) is 0 Å². The lowest BCUT2D eigenvalue weighted by Gasteiger charge is -2.57. The molecule has 0 atom stereocenters. The van der Waals surface area contributed by atoms with Gasteiger partial charge in [0.15, 0.2) is 6.79 Å². The van der Waals surface area contributed by atoms with Gasteiger partial charge in [0.05, 0.1) is 6.61 Å². The van der Waals surface area contributed by atoms with E-state index in [0.29, 0.717) is 0 Å². The fraction of sp³-hybridized carbons (Fsp3) is 0.586. The molecule has 178 valence electrons. The van der Waals surface area contributed by atoms with Crippen LogP contribution in [0.3, 0.4) is 0 Å². The van der Waals surface area contributed by atoms with E-state index in [-0.39, 0.29) is 12.2 Å². The highest BCUT2D eigenvalue weighted by molar-refractivity contribution is 9.10. The summed E-state index contributed by atoms with van der Waals surface area (Å²) in [7, 11) is 1.70. The summed E-state index contributed by atoms with van der Waals surface area (Å²) in [6.45, 7) is 5.42. The topological polar surface area (TPSA) is 27.7 Å². The van der Waals surface area contributed by atoms with E-state index in [1.807, 2.05) is 0 Å². The van der Waals surface area contributed by atoms with E-state index in [9.17, 15) is 0 Å². The Morgan fingerprint density at radius 1 is 0.939 bits per heavy atom. The van der Waals surface area contributed by atoms with E-state index >= 15 is 0 Å². The molecule has 0 saturated heterocycles. The molecule has 0 aromatic heterocycles. The summed E-state index contributed by atoms with van der Waals surface area (Å²) in [6.07, 6.45) is 10.4. The predicted octanol–water partition coefficient (Wildman–Crippen LogP) is 8.05. The maximum Gasteiger partial charge on any atom is 0.188 e. The number of hydrogen-bond acceptors (Lipinski definition) is 3. The molecule has 4 aliphatic carbocycles. The van der Waals surface area contributed by atoms with Gasteiger partial charge in [-0.3, -0.25) is 0 Å². The molecule has 2 aromatic carbocycles. The van der Waals surface area contributed by atoms with Crippen LogP contribution in [0.1, 0.15) is 69.4 Å². The highest BCUT2D eigenvalue weighted by atomic mass is 79.9. The molecule has 0 N–H and O–H groups in total. The lowest BCUT2D eigenvalue weighted by Crippen LogP contribution is -2.48. The molecule has 0 radical (unpaired) electrons. The van der Waals surface area contributed by atoms with E-state index in [2.05, 4.69) is 60.1 Å². The molecule has 4 heteroatoms. The molecule has 0 aliphatic heterocycles. The fourth-order valence-corrected chi connectivity index (χ4v) is 7.68. The van der Waals surface area contributed by atoms with Gasteiger partial charge < -0.3 is 14.2 Å². The summed E-state index contributed by atoms with van der Waals surface area (Å²) in [4.78, 5) is 0. The summed E-state index contributed by atoms with van der Waals surface area (Å²) >= 11 is 3.82. The van der Waals surface area contributed by atoms with Crippen molar-refractivity contribution in [1.82, 2.24) is 0 Å². The van der Waals surface area contributed by atoms with E-state index in [4.69, 9.17) is 14.2 Å². The third kappa shape index (κ3) is 4.58. The first-order valence-electron chi connectivity index (χ1n) is 12.7. The number of aryl methyl sites for hydroxylation is 1. The highest BCUT2D eigenvalue weighted by Gasteiger charge is 2.52. The zero-order valence-electron chi connectivity index (χ0n) is 20.3. The minimum atomic E-state index is 0.250. The van der Waals surface area contributed by atoms with E-state index < -0.39 is 0 Å². The molecule has 4 fully saturated rings. The van der Waals surface area contributed by atoms with Crippen molar-refractivity contribution in [3.8, 4) is 22.6 Å².